The number of rotatable bonds is 7. The minimum atomic E-state index is -3.58. The summed E-state index contributed by atoms with van der Waals surface area (Å²) in [4.78, 5) is 20.1. The van der Waals surface area contributed by atoms with Crippen LogP contribution < -0.4 is 14.8 Å². The number of carbonyl (C=O) groups is 1. The van der Waals surface area contributed by atoms with Gasteiger partial charge in [-0.3, -0.25) is 14.5 Å². The molecule has 0 atom stereocenters. The smallest absolute Gasteiger partial charge is 0.272 e. The maximum atomic E-state index is 13.6. The van der Waals surface area contributed by atoms with Crippen LogP contribution in [0.3, 0.4) is 0 Å². The number of aromatic nitrogens is 1. The molecule has 0 saturated carbocycles. The number of nitrogens with zero attached hydrogens (tertiary/aromatic N) is 2. The van der Waals surface area contributed by atoms with Crippen molar-refractivity contribution in [1.29, 1.82) is 0 Å². The molecule has 2 aromatic carbocycles. The quantitative estimate of drug-likeness (QED) is 0.342. The summed E-state index contributed by atoms with van der Waals surface area (Å²) in [6.07, 6.45) is 10.6. The number of aliphatic imine (C=N–C) groups is 1. The van der Waals surface area contributed by atoms with Crippen LogP contribution in [0.25, 0.3) is 10.9 Å². The van der Waals surface area contributed by atoms with Crippen LogP contribution in [-0.4, -0.2) is 38.5 Å². The molecule has 3 aromatic rings. The highest BCUT2D eigenvalue weighted by Gasteiger charge is 2.24. The Morgan fingerprint density at radius 3 is 2.59 bits per heavy atom. The molecule has 0 unspecified atom stereocenters. The Balaban J connectivity index is 1.73. The number of sulfonamides is 1. The standard InChI is InChI=1S/C29H34N4O4S2/c1-29(2,3)20-17-22(27(37-5)23(18-20)32-39(6,35)36)31-28(34)24-16-19-10-9-12-25(26(19)33(24)4)38-21-11-7-8-14-30-15-13-21/h8-10,12-18,32H,7,11H2,1-6H3,(H,31,34)/b14-8-,21-13+,30-15+. The van der Waals surface area contributed by atoms with Crippen molar-refractivity contribution in [3.8, 4) is 5.75 Å². The van der Waals surface area contributed by atoms with E-state index >= 15 is 0 Å². The van der Waals surface area contributed by atoms with Crippen LogP contribution in [0.15, 0.2) is 69.5 Å². The summed E-state index contributed by atoms with van der Waals surface area (Å²) >= 11 is 1.68. The first-order valence-corrected chi connectivity index (χ1v) is 15.2. The van der Waals surface area contributed by atoms with Crippen molar-refractivity contribution in [3.63, 3.8) is 0 Å². The van der Waals surface area contributed by atoms with Crippen LogP contribution >= 0.6 is 11.8 Å². The van der Waals surface area contributed by atoms with Crippen LogP contribution in [0.4, 0.5) is 11.4 Å². The van der Waals surface area contributed by atoms with E-state index in [1.807, 2.05) is 68.9 Å². The number of benzene rings is 2. The normalized spacial score (nSPS) is 17.0. The molecule has 0 spiro atoms. The molecule has 2 N–H and O–H groups in total. The summed E-state index contributed by atoms with van der Waals surface area (Å²) < 4.78 is 34.1. The van der Waals surface area contributed by atoms with Crippen LogP contribution in [0.2, 0.25) is 0 Å². The van der Waals surface area contributed by atoms with E-state index in [1.54, 1.807) is 24.0 Å². The molecule has 1 aliphatic rings. The number of fused-ring (bicyclic) bond motifs is 1. The fourth-order valence-corrected chi connectivity index (χ4v) is 6.04. The molecule has 0 aliphatic carbocycles. The highest BCUT2D eigenvalue weighted by Crippen LogP contribution is 2.40. The molecule has 8 nitrogen and oxygen atoms in total. The van der Waals surface area contributed by atoms with Crippen LogP contribution in [0.5, 0.6) is 5.75 Å². The van der Waals surface area contributed by atoms with Crippen molar-refractivity contribution in [2.75, 3.05) is 23.4 Å². The maximum absolute atomic E-state index is 13.6. The van der Waals surface area contributed by atoms with Gasteiger partial charge in [0.1, 0.15) is 5.69 Å². The Kier molecular flexibility index (Phi) is 8.27. The molecule has 4 rings (SSSR count). The van der Waals surface area contributed by atoms with E-state index in [9.17, 15) is 13.2 Å². The van der Waals surface area contributed by atoms with E-state index in [1.165, 1.54) is 12.0 Å². The molecule has 10 heteroatoms. The number of ether oxygens (including phenoxy) is 1. The van der Waals surface area contributed by atoms with E-state index in [2.05, 4.69) is 27.2 Å². The number of allylic oxidation sites excluding steroid dienone is 3. The van der Waals surface area contributed by atoms with Crippen molar-refractivity contribution in [1.82, 2.24) is 4.57 Å². The first-order chi connectivity index (χ1) is 18.4. The van der Waals surface area contributed by atoms with Crippen LogP contribution in [0.1, 0.15) is 49.7 Å². The molecule has 1 aliphatic heterocycles. The minimum absolute atomic E-state index is 0.240. The summed E-state index contributed by atoms with van der Waals surface area (Å²) in [5.41, 5.74) is 2.61. The first kappa shape index (κ1) is 28.5. The Morgan fingerprint density at radius 2 is 1.90 bits per heavy atom. The van der Waals surface area contributed by atoms with Gasteiger partial charge in [0.05, 0.1) is 30.3 Å². The fraction of sp³-hybridized carbons (Fsp3) is 0.310. The zero-order chi connectivity index (χ0) is 28.4. The molecule has 206 valence electrons. The summed E-state index contributed by atoms with van der Waals surface area (Å²) in [5, 5.41) is 3.92. The molecule has 39 heavy (non-hydrogen) atoms. The van der Waals surface area contributed by atoms with Gasteiger partial charge < -0.3 is 14.6 Å². The number of anilines is 2. The van der Waals surface area contributed by atoms with Gasteiger partial charge in [-0.1, -0.05) is 50.7 Å². The number of methoxy groups -OCH3 is 1. The topological polar surface area (TPSA) is 102 Å². The van der Waals surface area contributed by atoms with E-state index in [-0.39, 0.29) is 22.8 Å². The molecule has 0 saturated heterocycles. The Hall–Kier alpha value is -3.50. The monoisotopic (exact) mass is 566 g/mol. The van der Waals surface area contributed by atoms with E-state index in [4.69, 9.17) is 4.74 Å². The number of nitrogens with one attached hydrogen (secondary N) is 2. The summed E-state index contributed by atoms with van der Waals surface area (Å²) in [6.45, 7) is 6.05. The number of thioether (sulfide) groups is 1. The third-order valence-corrected chi connectivity index (χ3v) is 8.03. The summed E-state index contributed by atoms with van der Waals surface area (Å²) in [6, 6.07) is 11.5. The second-order valence-electron chi connectivity index (χ2n) is 10.4. The van der Waals surface area contributed by atoms with Gasteiger partial charge in [0.15, 0.2) is 5.75 Å². The van der Waals surface area contributed by atoms with Crippen LogP contribution in [-0.2, 0) is 22.5 Å². The van der Waals surface area contributed by atoms with Gasteiger partial charge in [-0.05, 0) is 59.1 Å². The largest absolute Gasteiger partial charge is 0.492 e. The average Bonchev–Trinajstić information content (AvgIpc) is 3.16. The summed E-state index contributed by atoms with van der Waals surface area (Å²) in [7, 11) is -0.263. The van der Waals surface area contributed by atoms with Crippen molar-refractivity contribution in [2.45, 2.75) is 43.9 Å². The molecule has 0 fully saturated rings. The van der Waals surface area contributed by atoms with E-state index in [0.29, 0.717) is 11.4 Å². The molecule has 0 radical (unpaired) electrons. The van der Waals surface area contributed by atoms with Gasteiger partial charge in [0.25, 0.3) is 5.91 Å². The first-order valence-electron chi connectivity index (χ1n) is 12.5. The fourth-order valence-electron chi connectivity index (χ4n) is 4.36. The third-order valence-electron chi connectivity index (χ3n) is 6.29. The molecule has 1 aromatic heterocycles. The lowest BCUT2D eigenvalue weighted by atomic mass is 9.86. The lowest BCUT2D eigenvalue weighted by Crippen LogP contribution is -2.19. The molecular formula is C29H34N4O4S2. The number of hydrogen-bond donors (Lipinski definition) is 2. The second-order valence-corrected chi connectivity index (χ2v) is 13.3. The predicted octanol–water partition coefficient (Wildman–Crippen LogP) is 6.46. The van der Waals surface area contributed by atoms with Crippen molar-refractivity contribution < 1.29 is 17.9 Å². The highest BCUT2D eigenvalue weighted by atomic mass is 32.2. The van der Waals surface area contributed by atoms with E-state index in [0.717, 1.165) is 40.5 Å². The van der Waals surface area contributed by atoms with E-state index < -0.39 is 10.0 Å². The van der Waals surface area contributed by atoms with Gasteiger partial charge in [-0.25, -0.2) is 8.42 Å². The SMILES string of the molecule is COc1c(NC(=O)c2cc3cccc(S/C4=C/C=N/C=C\CC4)c3n2C)cc(C(C)(C)C)cc1NS(C)(=O)=O. The Labute approximate surface area is 234 Å². The predicted molar refractivity (Wildman–Crippen MR) is 162 cm³/mol. The van der Waals surface area contributed by atoms with Crippen molar-refractivity contribution >= 4 is 56.2 Å². The number of aryl methyl sites for hydroxylation is 1. The Morgan fingerprint density at radius 1 is 1.15 bits per heavy atom. The number of para-hydroxylation sites is 1. The summed E-state index contributed by atoms with van der Waals surface area (Å²) in [5.74, 6) is -0.0922. The van der Waals surface area contributed by atoms with Gasteiger partial charge in [0, 0.05) is 29.7 Å². The zero-order valence-electron chi connectivity index (χ0n) is 23.0. The van der Waals surface area contributed by atoms with Crippen LogP contribution in [0, 0.1) is 0 Å². The van der Waals surface area contributed by atoms with Gasteiger partial charge in [-0.15, -0.1) is 0 Å². The molecule has 2 heterocycles. The minimum Gasteiger partial charge on any atom is -0.492 e. The number of carbonyl (C=O) groups excluding carboxylic acids is 1. The van der Waals surface area contributed by atoms with Crippen molar-refractivity contribution in [3.05, 3.63) is 70.9 Å². The van der Waals surface area contributed by atoms with Crippen molar-refractivity contribution in [2.24, 2.45) is 12.0 Å². The third kappa shape index (κ3) is 6.75. The highest BCUT2D eigenvalue weighted by molar-refractivity contribution is 8.03. The lowest BCUT2D eigenvalue weighted by Gasteiger charge is -2.24. The Bertz CT molecular complexity index is 1610. The average molecular weight is 567 g/mol. The molecule has 1 amide bonds. The van der Waals surface area contributed by atoms with Gasteiger partial charge in [0.2, 0.25) is 10.0 Å². The second kappa shape index (κ2) is 11.3. The molecular weight excluding hydrogens is 532 g/mol. The maximum Gasteiger partial charge on any atom is 0.272 e. The lowest BCUT2D eigenvalue weighted by molar-refractivity contribution is 0.101. The molecule has 0 bridgehead atoms. The number of hydrogen-bond acceptors (Lipinski definition) is 6. The van der Waals surface area contributed by atoms with Gasteiger partial charge in [-0.2, -0.15) is 0 Å². The zero-order valence-corrected chi connectivity index (χ0v) is 24.7. The number of amides is 1. The van der Waals surface area contributed by atoms with Gasteiger partial charge >= 0.3 is 0 Å².